The maximum Gasteiger partial charge on any atom is 0.408 e. The minimum absolute atomic E-state index is 0.00957. The fourth-order valence-electron chi connectivity index (χ4n) is 1.14. The molecule has 0 radical (unpaired) electrons. The molecule has 0 unspecified atom stereocenters. The van der Waals surface area contributed by atoms with Crippen molar-refractivity contribution < 1.29 is 23.9 Å². The fourth-order valence-corrected chi connectivity index (χ4v) is 1.14. The minimum Gasteiger partial charge on any atom is -0.464 e. The zero-order valence-electron chi connectivity index (χ0n) is 12.7. The third-order valence-corrected chi connectivity index (χ3v) is 2.08. The summed E-state index contributed by atoms with van der Waals surface area (Å²) in [6.07, 6.45) is 0.699. The molecule has 0 aromatic heterocycles. The van der Waals surface area contributed by atoms with Gasteiger partial charge in [-0.15, -0.1) is 0 Å². The summed E-state index contributed by atoms with van der Waals surface area (Å²) in [4.78, 5) is 34.6. The molecule has 0 saturated carbocycles. The molecular formula is C13H22N2O5. The van der Waals surface area contributed by atoms with E-state index in [1.807, 2.05) is 0 Å². The van der Waals surface area contributed by atoms with Crippen LogP contribution in [0.1, 0.15) is 34.6 Å². The second-order valence-corrected chi connectivity index (χ2v) is 5.05. The molecule has 1 atom stereocenters. The van der Waals surface area contributed by atoms with Crippen molar-refractivity contribution >= 4 is 18.0 Å². The third-order valence-electron chi connectivity index (χ3n) is 2.08. The number of allylic oxidation sites excluding steroid dienone is 1. The van der Waals surface area contributed by atoms with Gasteiger partial charge in [-0.25, -0.2) is 9.59 Å². The highest BCUT2D eigenvalue weighted by Crippen LogP contribution is 2.06. The number of rotatable bonds is 4. The highest BCUT2D eigenvalue weighted by Gasteiger charge is 2.22. The van der Waals surface area contributed by atoms with Gasteiger partial charge in [0, 0.05) is 0 Å². The molecule has 114 valence electrons. The monoisotopic (exact) mass is 286 g/mol. The molecule has 0 aromatic carbocycles. The number of hydrogen-bond acceptors (Lipinski definition) is 5. The van der Waals surface area contributed by atoms with Crippen molar-refractivity contribution in [3.05, 3.63) is 11.8 Å². The van der Waals surface area contributed by atoms with E-state index < -0.39 is 29.6 Å². The number of hydrogen-bond donors (Lipinski definition) is 2. The van der Waals surface area contributed by atoms with Crippen LogP contribution in [0.25, 0.3) is 0 Å². The minimum atomic E-state index is -0.857. The molecule has 0 aliphatic heterocycles. The lowest BCUT2D eigenvalue weighted by atomic mass is 10.2. The Hall–Kier alpha value is -2.05. The van der Waals surface area contributed by atoms with E-state index in [4.69, 9.17) is 4.74 Å². The van der Waals surface area contributed by atoms with Crippen LogP contribution < -0.4 is 10.6 Å². The van der Waals surface area contributed by atoms with Crippen molar-refractivity contribution in [2.75, 3.05) is 7.11 Å². The Morgan fingerprint density at radius 3 is 2.15 bits per heavy atom. The van der Waals surface area contributed by atoms with E-state index in [-0.39, 0.29) is 5.70 Å². The molecule has 0 fully saturated rings. The molecule has 0 aromatic rings. The van der Waals surface area contributed by atoms with Crippen molar-refractivity contribution in [1.82, 2.24) is 10.6 Å². The largest absolute Gasteiger partial charge is 0.464 e. The number of ether oxygens (including phenoxy) is 2. The van der Waals surface area contributed by atoms with Crippen LogP contribution in [0.5, 0.6) is 0 Å². The molecule has 2 N–H and O–H groups in total. The van der Waals surface area contributed by atoms with Crippen molar-refractivity contribution in [2.45, 2.75) is 46.3 Å². The van der Waals surface area contributed by atoms with Gasteiger partial charge < -0.3 is 20.1 Å². The lowest BCUT2D eigenvalue weighted by Gasteiger charge is -2.21. The van der Waals surface area contributed by atoms with Gasteiger partial charge in [0.25, 0.3) is 0 Å². The van der Waals surface area contributed by atoms with Crippen molar-refractivity contribution in [1.29, 1.82) is 0 Å². The van der Waals surface area contributed by atoms with Crippen LogP contribution in [0.15, 0.2) is 11.8 Å². The lowest BCUT2D eigenvalue weighted by molar-refractivity contribution is -0.138. The Bertz CT molecular complexity index is 409. The maximum atomic E-state index is 11.8. The van der Waals surface area contributed by atoms with Gasteiger partial charge in [0.1, 0.15) is 17.3 Å². The van der Waals surface area contributed by atoms with Crippen LogP contribution in [0.3, 0.4) is 0 Å². The Balaban J connectivity index is 4.49. The van der Waals surface area contributed by atoms with Gasteiger partial charge in [-0.3, -0.25) is 4.79 Å². The van der Waals surface area contributed by atoms with Gasteiger partial charge >= 0.3 is 12.1 Å². The summed E-state index contributed by atoms with van der Waals surface area (Å²) in [5, 5.41) is 4.73. The summed E-state index contributed by atoms with van der Waals surface area (Å²) < 4.78 is 9.52. The molecule has 0 heterocycles. The first-order valence-corrected chi connectivity index (χ1v) is 6.15. The number of carbonyl (C=O) groups is 3. The molecule has 7 nitrogen and oxygen atoms in total. The number of carbonyl (C=O) groups excluding carboxylic acids is 3. The lowest BCUT2D eigenvalue weighted by Crippen LogP contribution is -2.46. The van der Waals surface area contributed by atoms with Crippen LogP contribution >= 0.6 is 0 Å². The Labute approximate surface area is 118 Å². The average molecular weight is 286 g/mol. The van der Waals surface area contributed by atoms with Gasteiger partial charge in [-0.1, -0.05) is 6.08 Å². The Kier molecular flexibility index (Phi) is 6.75. The van der Waals surface area contributed by atoms with E-state index in [1.54, 1.807) is 27.7 Å². The molecular weight excluding hydrogens is 264 g/mol. The zero-order valence-corrected chi connectivity index (χ0v) is 12.7. The van der Waals surface area contributed by atoms with Crippen molar-refractivity contribution in [3.8, 4) is 0 Å². The summed E-state index contributed by atoms with van der Waals surface area (Å²) in [5.41, 5.74) is -0.642. The molecule has 0 saturated heterocycles. The van der Waals surface area contributed by atoms with Crippen LogP contribution in [-0.4, -0.2) is 36.7 Å². The summed E-state index contributed by atoms with van der Waals surface area (Å²) in [6.45, 7) is 8.20. The van der Waals surface area contributed by atoms with Crippen LogP contribution in [0.2, 0.25) is 0 Å². The number of methoxy groups -OCH3 is 1. The number of alkyl carbamates (subject to hydrolysis) is 1. The second-order valence-electron chi connectivity index (χ2n) is 5.05. The second kappa shape index (κ2) is 7.52. The Morgan fingerprint density at radius 2 is 1.75 bits per heavy atom. The predicted molar refractivity (Wildman–Crippen MR) is 72.7 cm³/mol. The molecule has 0 bridgehead atoms. The van der Waals surface area contributed by atoms with E-state index in [0.29, 0.717) is 0 Å². The first kappa shape index (κ1) is 17.9. The van der Waals surface area contributed by atoms with E-state index in [9.17, 15) is 14.4 Å². The quantitative estimate of drug-likeness (QED) is 0.596. The van der Waals surface area contributed by atoms with Crippen molar-refractivity contribution in [3.63, 3.8) is 0 Å². The molecule has 2 amide bonds. The van der Waals surface area contributed by atoms with Gasteiger partial charge in [-0.2, -0.15) is 0 Å². The standard InChI is InChI=1S/C13H22N2O5/c1-7-9(11(17)19-6)15-10(16)8(2)14-12(18)20-13(3,4)5/h7-8H,1-6H3,(H,14,18)(H,15,16)/b9-7-/t8-/m1/s1. The normalized spacial score (nSPS) is 13.2. The predicted octanol–water partition coefficient (Wildman–Crippen LogP) is 1.09. The summed E-state index contributed by atoms with van der Waals surface area (Å²) in [5.74, 6) is -1.21. The SMILES string of the molecule is C/C=C(\NC(=O)[C@@H](C)NC(=O)OC(C)(C)C)C(=O)OC. The molecule has 0 aliphatic carbocycles. The molecule has 20 heavy (non-hydrogen) atoms. The highest BCUT2D eigenvalue weighted by molar-refractivity contribution is 5.95. The van der Waals surface area contributed by atoms with Gasteiger partial charge in [0.15, 0.2) is 0 Å². The molecule has 0 rings (SSSR count). The van der Waals surface area contributed by atoms with E-state index in [2.05, 4.69) is 15.4 Å². The van der Waals surface area contributed by atoms with E-state index >= 15 is 0 Å². The molecule has 0 spiro atoms. The van der Waals surface area contributed by atoms with Crippen molar-refractivity contribution in [2.24, 2.45) is 0 Å². The van der Waals surface area contributed by atoms with E-state index in [0.717, 1.165) is 0 Å². The van der Waals surface area contributed by atoms with E-state index in [1.165, 1.54) is 20.1 Å². The smallest absolute Gasteiger partial charge is 0.408 e. The van der Waals surface area contributed by atoms with Gasteiger partial charge in [0.2, 0.25) is 5.91 Å². The average Bonchev–Trinajstić information content (AvgIpc) is 2.31. The maximum absolute atomic E-state index is 11.8. The van der Waals surface area contributed by atoms with Crippen LogP contribution in [-0.2, 0) is 19.1 Å². The number of nitrogens with one attached hydrogen (secondary N) is 2. The summed E-state index contributed by atoms with van der Waals surface area (Å²) in [7, 11) is 1.21. The van der Waals surface area contributed by atoms with Crippen LogP contribution in [0.4, 0.5) is 4.79 Å². The molecule has 0 aliphatic rings. The number of amides is 2. The third kappa shape index (κ3) is 6.77. The first-order chi connectivity index (χ1) is 9.10. The van der Waals surface area contributed by atoms with Gasteiger partial charge in [-0.05, 0) is 34.6 Å². The first-order valence-electron chi connectivity index (χ1n) is 6.15. The molecule has 7 heteroatoms. The zero-order chi connectivity index (χ0) is 15.9. The topological polar surface area (TPSA) is 93.7 Å². The fraction of sp³-hybridized carbons (Fsp3) is 0.615. The number of esters is 1. The van der Waals surface area contributed by atoms with Crippen LogP contribution in [0, 0.1) is 0 Å². The Morgan fingerprint density at radius 1 is 1.20 bits per heavy atom. The highest BCUT2D eigenvalue weighted by atomic mass is 16.6. The summed E-state index contributed by atoms with van der Waals surface area (Å²) in [6, 6.07) is -0.857. The van der Waals surface area contributed by atoms with Gasteiger partial charge in [0.05, 0.1) is 7.11 Å². The summed E-state index contributed by atoms with van der Waals surface area (Å²) >= 11 is 0.